The molecule has 1 aromatic rings. The Balaban J connectivity index is 1.78. The number of hydrogen-bond acceptors (Lipinski definition) is 5. The molecule has 1 aliphatic rings. The zero-order valence-electron chi connectivity index (χ0n) is 12.9. The number of nitrogens with zero attached hydrogens (tertiary/aromatic N) is 2. The number of aryl methyl sites for hydroxylation is 2. The maximum Gasteiger partial charge on any atom is 0.308 e. The molecule has 0 aromatic carbocycles. The molecular weight excluding hydrogens is 286 g/mol. The number of carboxylic acid groups (broad SMARTS) is 1. The van der Waals surface area contributed by atoms with Gasteiger partial charge in [0, 0.05) is 18.9 Å². The molecule has 1 aliphatic carbocycles. The molecule has 1 fully saturated rings. The Hall–Kier alpha value is -1.92. The molecule has 1 heterocycles. The molecule has 2 atom stereocenters. The summed E-state index contributed by atoms with van der Waals surface area (Å²) in [5.74, 6) is -0.265. The van der Waals surface area contributed by atoms with Gasteiger partial charge in [0.1, 0.15) is 0 Å². The molecule has 0 spiro atoms. The fourth-order valence-electron chi connectivity index (χ4n) is 2.90. The Morgan fingerprint density at radius 2 is 2.09 bits per heavy atom. The van der Waals surface area contributed by atoms with Crippen LogP contribution in [0.3, 0.4) is 0 Å². The number of amides is 1. The third-order valence-corrected chi connectivity index (χ3v) is 4.04. The summed E-state index contributed by atoms with van der Waals surface area (Å²) in [6, 6.07) is -0.252. The van der Waals surface area contributed by atoms with Crippen LogP contribution >= 0.6 is 0 Å². The number of nitrogens with one attached hydrogen (secondary N) is 1. The zero-order chi connectivity index (χ0) is 15.9. The average Bonchev–Trinajstić information content (AvgIpc) is 2.72. The first kappa shape index (κ1) is 16.5. The van der Waals surface area contributed by atoms with Gasteiger partial charge in [0.15, 0.2) is 5.82 Å². The van der Waals surface area contributed by atoms with Gasteiger partial charge in [-0.2, -0.15) is 4.98 Å². The summed E-state index contributed by atoms with van der Waals surface area (Å²) in [5.41, 5.74) is 0. The lowest BCUT2D eigenvalue weighted by atomic mass is 9.94. The van der Waals surface area contributed by atoms with Crippen molar-refractivity contribution in [3.8, 4) is 0 Å². The van der Waals surface area contributed by atoms with Gasteiger partial charge < -0.3 is 14.9 Å². The van der Waals surface area contributed by atoms with Gasteiger partial charge in [0.05, 0.1) is 5.92 Å². The van der Waals surface area contributed by atoms with Crippen LogP contribution in [0.2, 0.25) is 0 Å². The highest BCUT2D eigenvalue weighted by Crippen LogP contribution is 2.24. The molecule has 0 radical (unpaired) electrons. The van der Waals surface area contributed by atoms with Gasteiger partial charge in [-0.1, -0.05) is 24.4 Å². The maximum absolute atomic E-state index is 12.0. The van der Waals surface area contributed by atoms with E-state index in [4.69, 9.17) is 4.52 Å². The van der Waals surface area contributed by atoms with E-state index >= 15 is 0 Å². The standard InChI is InChI=1S/C15H23N3O4/c1-10-16-14(22-18-10)9-5-8-13(19)17-12-7-4-2-3-6-11(12)15(20)21/h11-12H,2-9H2,1H3,(H,17,19)(H,20,21)/t11-,12+/m1/s1. The number of aliphatic carboxylic acids is 1. The molecule has 122 valence electrons. The molecule has 0 saturated heterocycles. The summed E-state index contributed by atoms with van der Waals surface area (Å²) < 4.78 is 4.99. The van der Waals surface area contributed by atoms with Gasteiger partial charge in [-0.05, 0) is 26.2 Å². The van der Waals surface area contributed by atoms with E-state index < -0.39 is 11.9 Å². The number of carboxylic acids is 1. The number of carbonyl (C=O) groups excluding carboxylic acids is 1. The Labute approximate surface area is 129 Å². The fourth-order valence-corrected chi connectivity index (χ4v) is 2.90. The van der Waals surface area contributed by atoms with E-state index in [9.17, 15) is 14.7 Å². The quantitative estimate of drug-likeness (QED) is 0.777. The highest BCUT2D eigenvalue weighted by molar-refractivity contribution is 5.78. The van der Waals surface area contributed by atoms with Crippen molar-refractivity contribution in [1.82, 2.24) is 15.5 Å². The Morgan fingerprint density at radius 3 is 2.77 bits per heavy atom. The van der Waals surface area contributed by atoms with Crippen LogP contribution < -0.4 is 5.32 Å². The van der Waals surface area contributed by atoms with Crippen molar-refractivity contribution in [2.45, 2.75) is 64.3 Å². The van der Waals surface area contributed by atoms with Gasteiger partial charge in [0.2, 0.25) is 11.8 Å². The monoisotopic (exact) mass is 309 g/mol. The van der Waals surface area contributed by atoms with Crippen molar-refractivity contribution >= 4 is 11.9 Å². The van der Waals surface area contributed by atoms with Gasteiger partial charge in [-0.3, -0.25) is 9.59 Å². The van der Waals surface area contributed by atoms with E-state index in [-0.39, 0.29) is 11.9 Å². The van der Waals surface area contributed by atoms with Crippen molar-refractivity contribution < 1.29 is 19.2 Å². The normalized spacial score (nSPS) is 22.0. The molecule has 0 unspecified atom stereocenters. The molecule has 2 N–H and O–H groups in total. The minimum absolute atomic E-state index is 0.102. The molecule has 1 amide bonds. The number of hydrogen-bond donors (Lipinski definition) is 2. The number of aromatic nitrogens is 2. The van der Waals surface area contributed by atoms with Gasteiger partial charge in [-0.15, -0.1) is 0 Å². The van der Waals surface area contributed by atoms with E-state index in [1.807, 2.05) is 0 Å². The highest BCUT2D eigenvalue weighted by Gasteiger charge is 2.30. The Kier molecular flexibility index (Phi) is 5.91. The second kappa shape index (κ2) is 7.91. The Bertz CT molecular complexity index is 515. The van der Waals surface area contributed by atoms with Crippen LogP contribution in [-0.4, -0.2) is 33.2 Å². The molecule has 1 saturated carbocycles. The summed E-state index contributed by atoms with van der Waals surface area (Å²) in [5, 5.41) is 15.9. The van der Waals surface area contributed by atoms with Gasteiger partial charge in [0.25, 0.3) is 0 Å². The predicted molar refractivity (Wildman–Crippen MR) is 78.1 cm³/mol. The van der Waals surface area contributed by atoms with Crippen molar-refractivity contribution in [3.63, 3.8) is 0 Å². The number of carbonyl (C=O) groups is 2. The second-order valence-electron chi connectivity index (χ2n) is 5.85. The summed E-state index contributed by atoms with van der Waals surface area (Å²) in [6.07, 6.45) is 5.80. The molecule has 7 nitrogen and oxygen atoms in total. The number of rotatable bonds is 6. The molecule has 0 aliphatic heterocycles. The van der Waals surface area contributed by atoms with Crippen LogP contribution in [0.1, 0.15) is 56.7 Å². The molecular formula is C15H23N3O4. The summed E-state index contributed by atoms with van der Waals surface area (Å²) in [7, 11) is 0. The lowest BCUT2D eigenvalue weighted by molar-refractivity contribution is -0.143. The lowest BCUT2D eigenvalue weighted by Crippen LogP contribution is -2.42. The van der Waals surface area contributed by atoms with Crippen LogP contribution in [-0.2, 0) is 16.0 Å². The largest absolute Gasteiger partial charge is 0.481 e. The van der Waals surface area contributed by atoms with Crippen LogP contribution in [0.15, 0.2) is 4.52 Å². The van der Waals surface area contributed by atoms with Crippen LogP contribution in [0.4, 0.5) is 0 Å². The van der Waals surface area contributed by atoms with Gasteiger partial charge in [-0.25, -0.2) is 0 Å². The van der Waals surface area contributed by atoms with Crippen LogP contribution in [0.5, 0.6) is 0 Å². The lowest BCUT2D eigenvalue weighted by Gasteiger charge is -2.22. The smallest absolute Gasteiger partial charge is 0.308 e. The SMILES string of the molecule is Cc1noc(CCCC(=O)N[C@H]2CCCCC[C@H]2C(=O)O)n1. The molecule has 7 heteroatoms. The topological polar surface area (TPSA) is 105 Å². The third-order valence-electron chi connectivity index (χ3n) is 4.04. The first-order valence-electron chi connectivity index (χ1n) is 7.87. The first-order chi connectivity index (χ1) is 10.6. The van der Waals surface area contributed by atoms with E-state index in [2.05, 4.69) is 15.5 Å². The van der Waals surface area contributed by atoms with E-state index in [1.54, 1.807) is 6.92 Å². The summed E-state index contributed by atoms with van der Waals surface area (Å²) >= 11 is 0. The van der Waals surface area contributed by atoms with E-state index in [0.29, 0.717) is 37.4 Å². The first-order valence-corrected chi connectivity index (χ1v) is 7.87. The molecule has 2 rings (SSSR count). The summed E-state index contributed by atoms with van der Waals surface area (Å²) in [4.78, 5) is 27.4. The molecule has 1 aromatic heterocycles. The fraction of sp³-hybridized carbons (Fsp3) is 0.733. The van der Waals surface area contributed by atoms with Crippen molar-refractivity contribution in [2.24, 2.45) is 5.92 Å². The summed E-state index contributed by atoms with van der Waals surface area (Å²) in [6.45, 7) is 1.75. The predicted octanol–water partition coefficient (Wildman–Crippen LogP) is 1.85. The maximum atomic E-state index is 12.0. The van der Waals surface area contributed by atoms with Crippen LogP contribution in [0.25, 0.3) is 0 Å². The van der Waals surface area contributed by atoms with Crippen molar-refractivity contribution in [1.29, 1.82) is 0 Å². The third kappa shape index (κ3) is 4.82. The van der Waals surface area contributed by atoms with Gasteiger partial charge >= 0.3 is 5.97 Å². The van der Waals surface area contributed by atoms with Crippen LogP contribution in [0, 0.1) is 12.8 Å². The van der Waals surface area contributed by atoms with Crippen molar-refractivity contribution in [3.05, 3.63) is 11.7 Å². The van der Waals surface area contributed by atoms with Crippen molar-refractivity contribution in [2.75, 3.05) is 0 Å². The second-order valence-corrected chi connectivity index (χ2v) is 5.85. The van der Waals surface area contributed by atoms with E-state index in [0.717, 1.165) is 25.7 Å². The minimum atomic E-state index is -0.812. The molecule has 22 heavy (non-hydrogen) atoms. The molecule has 0 bridgehead atoms. The highest BCUT2D eigenvalue weighted by atomic mass is 16.5. The van der Waals surface area contributed by atoms with E-state index in [1.165, 1.54) is 0 Å². The Morgan fingerprint density at radius 1 is 1.32 bits per heavy atom. The minimum Gasteiger partial charge on any atom is -0.481 e. The average molecular weight is 309 g/mol. The zero-order valence-corrected chi connectivity index (χ0v) is 12.9.